The average Bonchev–Trinajstić information content (AvgIpc) is 2.97. The standard InChI is InChI=1S/C12H11BrN2O/c13-9-3-7(6-1-2-6)4-10-8(9)5-11(15-10)12(14)16/h3-6,15H,1-2H2,(H2,14,16). The van der Waals surface area contributed by atoms with Gasteiger partial charge in [0.2, 0.25) is 0 Å². The molecule has 0 atom stereocenters. The van der Waals surface area contributed by atoms with Crippen LogP contribution in [0.5, 0.6) is 0 Å². The van der Waals surface area contributed by atoms with Gasteiger partial charge >= 0.3 is 0 Å². The maximum atomic E-state index is 11.1. The summed E-state index contributed by atoms with van der Waals surface area (Å²) in [6.45, 7) is 0. The number of hydrogen-bond acceptors (Lipinski definition) is 1. The molecule has 3 nitrogen and oxygen atoms in total. The smallest absolute Gasteiger partial charge is 0.265 e. The zero-order valence-electron chi connectivity index (χ0n) is 8.59. The lowest BCUT2D eigenvalue weighted by atomic mass is 10.1. The Morgan fingerprint density at radius 1 is 1.38 bits per heavy atom. The molecule has 0 bridgehead atoms. The van der Waals surface area contributed by atoms with Gasteiger partial charge in [-0.3, -0.25) is 4.79 Å². The zero-order valence-corrected chi connectivity index (χ0v) is 10.2. The quantitative estimate of drug-likeness (QED) is 0.872. The van der Waals surface area contributed by atoms with Crippen LogP contribution in [0.1, 0.15) is 34.8 Å². The molecule has 1 aliphatic carbocycles. The summed E-state index contributed by atoms with van der Waals surface area (Å²) in [7, 11) is 0. The normalized spacial score (nSPS) is 15.6. The maximum absolute atomic E-state index is 11.1. The molecule has 0 radical (unpaired) electrons. The number of primary amides is 1. The second-order valence-corrected chi connectivity index (χ2v) is 5.14. The fourth-order valence-corrected chi connectivity index (χ4v) is 2.59. The molecule has 2 aromatic rings. The molecule has 0 spiro atoms. The Morgan fingerprint density at radius 3 is 2.75 bits per heavy atom. The summed E-state index contributed by atoms with van der Waals surface area (Å²) >= 11 is 3.53. The minimum absolute atomic E-state index is 0.420. The third kappa shape index (κ3) is 1.53. The Labute approximate surface area is 101 Å². The molecule has 1 fully saturated rings. The highest BCUT2D eigenvalue weighted by atomic mass is 79.9. The largest absolute Gasteiger partial charge is 0.364 e. The van der Waals surface area contributed by atoms with Gasteiger partial charge in [-0.1, -0.05) is 15.9 Å². The number of aromatic nitrogens is 1. The van der Waals surface area contributed by atoms with Crippen LogP contribution in [-0.2, 0) is 0 Å². The van der Waals surface area contributed by atoms with Crippen LogP contribution in [0.3, 0.4) is 0 Å². The van der Waals surface area contributed by atoms with Crippen molar-refractivity contribution in [3.8, 4) is 0 Å². The summed E-state index contributed by atoms with van der Waals surface area (Å²) in [4.78, 5) is 14.1. The number of aromatic amines is 1. The number of benzene rings is 1. The van der Waals surface area contributed by atoms with Gasteiger partial charge in [0.25, 0.3) is 5.91 Å². The van der Waals surface area contributed by atoms with Crippen LogP contribution in [0.2, 0.25) is 0 Å². The molecule has 16 heavy (non-hydrogen) atoms. The molecule has 82 valence electrons. The van der Waals surface area contributed by atoms with Crippen molar-refractivity contribution in [1.82, 2.24) is 4.98 Å². The lowest BCUT2D eigenvalue weighted by Crippen LogP contribution is -2.10. The van der Waals surface area contributed by atoms with Gasteiger partial charge in [-0.05, 0) is 42.5 Å². The number of amides is 1. The average molecular weight is 279 g/mol. The van der Waals surface area contributed by atoms with E-state index in [2.05, 4.69) is 33.0 Å². The SMILES string of the molecule is NC(=O)c1cc2c(Br)cc(C3CC3)cc2[nH]1. The lowest BCUT2D eigenvalue weighted by molar-refractivity contribution is 0.0996. The van der Waals surface area contributed by atoms with E-state index in [0.717, 1.165) is 15.4 Å². The molecule has 1 aromatic heterocycles. The van der Waals surface area contributed by atoms with E-state index in [1.165, 1.54) is 18.4 Å². The highest BCUT2D eigenvalue weighted by Gasteiger charge is 2.24. The molecule has 3 N–H and O–H groups in total. The number of nitrogens with one attached hydrogen (secondary N) is 1. The maximum Gasteiger partial charge on any atom is 0.265 e. The first kappa shape index (κ1) is 9.90. The monoisotopic (exact) mass is 278 g/mol. The minimum atomic E-state index is -0.420. The highest BCUT2D eigenvalue weighted by Crippen LogP contribution is 2.42. The Bertz CT molecular complexity index is 584. The van der Waals surface area contributed by atoms with Gasteiger partial charge in [0.1, 0.15) is 5.69 Å². The topological polar surface area (TPSA) is 58.9 Å². The van der Waals surface area contributed by atoms with Crippen molar-refractivity contribution in [2.75, 3.05) is 0 Å². The van der Waals surface area contributed by atoms with Gasteiger partial charge in [0.05, 0.1) is 0 Å². The van der Waals surface area contributed by atoms with Crippen molar-refractivity contribution in [2.24, 2.45) is 5.73 Å². The molecule has 0 unspecified atom stereocenters. The fourth-order valence-electron chi connectivity index (χ4n) is 2.00. The third-order valence-electron chi connectivity index (χ3n) is 3.02. The molecule has 0 saturated heterocycles. The summed E-state index contributed by atoms with van der Waals surface area (Å²) < 4.78 is 1.02. The minimum Gasteiger partial charge on any atom is -0.364 e. The molecule has 0 aliphatic heterocycles. The number of hydrogen-bond donors (Lipinski definition) is 2. The van der Waals surface area contributed by atoms with E-state index >= 15 is 0 Å². The lowest BCUT2D eigenvalue weighted by Gasteiger charge is -2.00. The summed E-state index contributed by atoms with van der Waals surface area (Å²) in [6, 6.07) is 6.04. The number of H-pyrrole nitrogens is 1. The molecular weight excluding hydrogens is 268 g/mol. The van der Waals surface area contributed by atoms with E-state index < -0.39 is 5.91 Å². The third-order valence-corrected chi connectivity index (χ3v) is 3.68. The number of nitrogens with two attached hydrogens (primary N) is 1. The van der Waals surface area contributed by atoms with Crippen LogP contribution in [-0.4, -0.2) is 10.9 Å². The number of carbonyl (C=O) groups is 1. The van der Waals surface area contributed by atoms with Crippen molar-refractivity contribution >= 4 is 32.7 Å². The highest BCUT2D eigenvalue weighted by molar-refractivity contribution is 9.10. The second kappa shape index (κ2) is 3.35. The summed E-state index contributed by atoms with van der Waals surface area (Å²) in [6.07, 6.45) is 2.53. The summed E-state index contributed by atoms with van der Waals surface area (Å²) in [5.41, 5.74) is 8.02. The molecule has 4 heteroatoms. The zero-order chi connectivity index (χ0) is 11.3. The Kier molecular flexibility index (Phi) is 2.07. The van der Waals surface area contributed by atoms with Crippen LogP contribution in [0, 0.1) is 0 Å². The molecule has 1 saturated carbocycles. The van der Waals surface area contributed by atoms with Crippen LogP contribution >= 0.6 is 15.9 Å². The molecule has 1 amide bonds. The first-order valence-electron chi connectivity index (χ1n) is 5.27. The Hall–Kier alpha value is -1.29. The van der Waals surface area contributed by atoms with Gasteiger partial charge in [-0.25, -0.2) is 0 Å². The van der Waals surface area contributed by atoms with Crippen molar-refractivity contribution in [2.45, 2.75) is 18.8 Å². The predicted octanol–water partition coefficient (Wildman–Crippen LogP) is 2.91. The van der Waals surface area contributed by atoms with Gasteiger partial charge < -0.3 is 10.7 Å². The van der Waals surface area contributed by atoms with Crippen molar-refractivity contribution < 1.29 is 4.79 Å². The first-order chi connectivity index (χ1) is 7.65. The Balaban J connectivity index is 2.21. The fraction of sp³-hybridized carbons (Fsp3) is 0.250. The number of carbonyl (C=O) groups excluding carboxylic acids is 1. The molecule has 3 rings (SSSR count). The molecular formula is C12H11BrN2O. The summed E-state index contributed by atoms with van der Waals surface area (Å²) in [5, 5.41) is 1.01. The predicted molar refractivity (Wildman–Crippen MR) is 66.5 cm³/mol. The number of rotatable bonds is 2. The van der Waals surface area contributed by atoms with E-state index in [1.54, 1.807) is 6.07 Å². The van der Waals surface area contributed by atoms with E-state index in [1.807, 2.05) is 0 Å². The van der Waals surface area contributed by atoms with Crippen molar-refractivity contribution in [3.63, 3.8) is 0 Å². The van der Waals surface area contributed by atoms with E-state index in [9.17, 15) is 4.79 Å². The van der Waals surface area contributed by atoms with Crippen molar-refractivity contribution in [1.29, 1.82) is 0 Å². The van der Waals surface area contributed by atoms with E-state index in [4.69, 9.17) is 5.73 Å². The van der Waals surface area contributed by atoms with Gasteiger partial charge in [0, 0.05) is 15.4 Å². The van der Waals surface area contributed by atoms with Crippen LogP contribution in [0.15, 0.2) is 22.7 Å². The van der Waals surface area contributed by atoms with Crippen LogP contribution in [0.4, 0.5) is 0 Å². The second-order valence-electron chi connectivity index (χ2n) is 4.29. The van der Waals surface area contributed by atoms with Crippen LogP contribution < -0.4 is 5.73 Å². The molecule has 1 aromatic carbocycles. The van der Waals surface area contributed by atoms with Crippen LogP contribution in [0.25, 0.3) is 10.9 Å². The molecule has 1 aliphatic rings. The van der Waals surface area contributed by atoms with Gasteiger partial charge in [0.15, 0.2) is 0 Å². The Morgan fingerprint density at radius 2 is 2.12 bits per heavy atom. The van der Waals surface area contributed by atoms with Gasteiger partial charge in [-0.2, -0.15) is 0 Å². The first-order valence-corrected chi connectivity index (χ1v) is 6.06. The van der Waals surface area contributed by atoms with Crippen molar-refractivity contribution in [3.05, 3.63) is 33.9 Å². The van der Waals surface area contributed by atoms with E-state index in [0.29, 0.717) is 11.6 Å². The summed E-state index contributed by atoms with van der Waals surface area (Å²) in [5.74, 6) is 0.275. The van der Waals surface area contributed by atoms with Gasteiger partial charge in [-0.15, -0.1) is 0 Å². The number of halogens is 1. The van der Waals surface area contributed by atoms with E-state index in [-0.39, 0.29) is 0 Å². The number of fused-ring (bicyclic) bond motifs is 1. The molecule has 1 heterocycles.